The molecule has 168 valence electrons. The molecule has 9 nitrogen and oxygen atoms in total. The molecular weight excluding hydrogens is 418 g/mol. The van der Waals surface area contributed by atoms with Crippen molar-refractivity contribution in [3.8, 4) is 16.9 Å². The van der Waals surface area contributed by atoms with Crippen LogP contribution in [0.5, 0.6) is 0 Å². The van der Waals surface area contributed by atoms with Crippen LogP contribution in [0.2, 0.25) is 0 Å². The fourth-order valence-corrected chi connectivity index (χ4v) is 3.37. The summed E-state index contributed by atoms with van der Waals surface area (Å²) in [5, 5.41) is 7.36. The van der Waals surface area contributed by atoms with Gasteiger partial charge in [0.2, 0.25) is 0 Å². The third-order valence-electron chi connectivity index (χ3n) is 5.30. The van der Waals surface area contributed by atoms with E-state index in [1.807, 2.05) is 45.0 Å². The van der Waals surface area contributed by atoms with E-state index in [9.17, 15) is 4.79 Å². The maximum atomic E-state index is 13.2. The van der Waals surface area contributed by atoms with Gasteiger partial charge in [0.15, 0.2) is 5.82 Å². The number of methoxy groups -OCH3 is 1. The zero-order valence-electron chi connectivity index (χ0n) is 18.9. The minimum absolute atomic E-state index is 0.246. The van der Waals surface area contributed by atoms with Crippen molar-refractivity contribution < 1.29 is 9.53 Å². The van der Waals surface area contributed by atoms with Gasteiger partial charge in [0.05, 0.1) is 29.3 Å². The molecule has 33 heavy (non-hydrogen) atoms. The number of hydrogen-bond acceptors (Lipinski definition) is 7. The lowest BCUT2D eigenvalue weighted by molar-refractivity contribution is 0.0939. The van der Waals surface area contributed by atoms with Crippen LogP contribution in [-0.4, -0.2) is 42.7 Å². The van der Waals surface area contributed by atoms with Gasteiger partial charge in [-0.2, -0.15) is 5.10 Å². The van der Waals surface area contributed by atoms with E-state index in [4.69, 9.17) is 4.74 Å². The van der Waals surface area contributed by atoms with E-state index >= 15 is 0 Å². The second-order valence-corrected chi connectivity index (χ2v) is 7.72. The predicted octanol–water partition coefficient (Wildman–Crippen LogP) is 3.63. The number of ether oxygens (including phenoxy) is 1. The van der Waals surface area contributed by atoms with Gasteiger partial charge in [-0.1, -0.05) is 6.07 Å². The van der Waals surface area contributed by atoms with E-state index in [0.29, 0.717) is 22.8 Å². The molecule has 0 saturated heterocycles. The van der Waals surface area contributed by atoms with Crippen LogP contribution < -0.4 is 5.32 Å². The van der Waals surface area contributed by atoms with E-state index in [1.165, 1.54) is 6.33 Å². The van der Waals surface area contributed by atoms with Gasteiger partial charge in [0.25, 0.3) is 5.91 Å². The number of amides is 1. The minimum Gasteiger partial charge on any atom is -0.374 e. The second-order valence-electron chi connectivity index (χ2n) is 7.72. The number of nitrogens with zero attached hydrogens (tertiary/aromatic N) is 6. The zero-order chi connectivity index (χ0) is 23.4. The third kappa shape index (κ3) is 4.93. The van der Waals surface area contributed by atoms with Crippen LogP contribution in [0.4, 0.5) is 0 Å². The lowest BCUT2D eigenvalue weighted by atomic mass is 10.0. The number of pyridine rings is 1. The summed E-state index contributed by atoms with van der Waals surface area (Å²) in [5.41, 5.74) is 4.42. The van der Waals surface area contributed by atoms with Crippen molar-refractivity contribution in [3.05, 3.63) is 84.1 Å². The number of nitrogens with one attached hydrogen (secondary N) is 1. The van der Waals surface area contributed by atoms with Crippen molar-refractivity contribution >= 4 is 5.91 Å². The van der Waals surface area contributed by atoms with Crippen LogP contribution in [0.15, 0.2) is 61.4 Å². The summed E-state index contributed by atoms with van der Waals surface area (Å²) >= 11 is 0. The molecular formula is C24H25N7O2. The third-order valence-corrected chi connectivity index (χ3v) is 5.30. The molecule has 9 heteroatoms. The van der Waals surface area contributed by atoms with Crippen molar-refractivity contribution in [3.63, 3.8) is 0 Å². The van der Waals surface area contributed by atoms with Crippen molar-refractivity contribution in [2.75, 3.05) is 7.11 Å². The molecule has 3 aromatic heterocycles. The summed E-state index contributed by atoms with van der Waals surface area (Å²) in [7, 11) is 1.61. The van der Waals surface area contributed by atoms with Crippen LogP contribution >= 0.6 is 0 Å². The molecule has 0 aliphatic rings. The number of rotatable bonds is 7. The second kappa shape index (κ2) is 9.66. The molecule has 0 aliphatic carbocycles. The summed E-state index contributed by atoms with van der Waals surface area (Å²) in [4.78, 5) is 30.4. The van der Waals surface area contributed by atoms with Crippen molar-refractivity contribution in [2.45, 2.75) is 32.9 Å². The van der Waals surface area contributed by atoms with E-state index in [0.717, 1.165) is 16.8 Å². The van der Waals surface area contributed by atoms with E-state index in [2.05, 4.69) is 30.4 Å². The van der Waals surface area contributed by atoms with Gasteiger partial charge >= 0.3 is 0 Å². The minimum atomic E-state index is -0.314. The van der Waals surface area contributed by atoms with Crippen molar-refractivity contribution in [1.29, 1.82) is 0 Å². The fraction of sp³-hybridized carbons (Fsp3) is 0.250. The number of carbonyl (C=O) groups excluding carboxylic acids is 1. The van der Waals surface area contributed by atoms with Crippen LogP contribution in [0.25, 0.3) is 16.9 Å². The quantitative estimate of drug-likeness (QED) is 0.465. The Morgan fingerprint density at radius 1 is 1.06 bits per heavy atom. The molecule has 4 rings (SSSR count). The predicted molar refractivity (Wildman–Crippen MR) is 123 cm³/mol. The molecule has 3 heterocycles. The fourth-order valence-electron chi connectivity index (χ4n) is 3.37. The molecule has 0 aliphatic heterocycles. The average Bonchev–Trinajstić information content (AvgIpc) is 3.34. The van der Waals surface area contributed by atoms with Gasteiger partial charge in [-0.15, -0.1) is 0 Å². The average molecular weight is 444 g/mol. The number of aryl methyl sites for hydroxylation is 1. The zero-order valence-corrected chi connectivity index (χ0v) is 18.9. The smallest absolute Gasteiger partial charge is 0.251 e. The van der Waals surface area contributed by atoms with Gasteiger partial charge < -0.3 is 10.1 Å². The SMILES string of the molecule is COC(C)c1ncnn1-c1cc(C(=O)NC(C)c2cnccn2)cc(-c2ccc(C)cn2)c1. The van der Waals surface area contributed by atoms with Crippen molar-refractivity contribution in [1.82, 2.24) is 35.0 Å². The Hall–Kier alpha value is -3.98. The van der Waals surface area contributed by atoms with Gasteiger partial charge in [0, 0.05) is 36.8 Å². The first-order chi connectivity index (χ1) is 16.0. The Morgan fingerprint density at radius 2 is 1.91 bits per heavy atom. The Morgan fingerprint density at radius 3 is 2.61 bits per heavy atom. The Bertz CT molecular complexity index is 1240. The maximum Gasteiger partial charge on any atom is 0.251 e. The van der Waals surface area contributed by atoms with E-state index < -0.39 is 0 Å². The standard InChI is InChI=1S/C24H25N7O2/c1-15-5-6-21(27-12-15)18-9-19(24(32)30-16(2)22-13-25-7-8-26-22)11-20(10-18)31-23(17(3)33-4)28-14-29-31/h5-14,16-17H,1-4H3,(H,30,32). The van der Waals surface area contributed by atoms with Crippen LogP contribution in [0.3, 0.4) is 0 Å². The highest BCUT2D eigenvalue weighted by Crippen LogP contribution is 2.25. The van der Waals surface area contributed by atoms with Crippen LogP contribution in [-0.2, 0) is 4.74 Å². The summed E-state index contributed by atoms with van der Waals surface area (Å²) in [5.74, 6) is 0.385. The Kier molecular flexibility index (Phi) is 6.50. The van der Waals surface area contributed by atoms with E-state index in [-0.39, 0.29) is 18.1 Å². The largest absolute Gasteiger partial charge is 0.374 e. The van der Waals surface area contributed by atoms with Gasteiger partial charge in [-0.3, -0.25) is 19.7 Å². The first kappa shape index (κ1) is 22.2. The van der Waals surface area contributed by atoms with Crippen LogP contribution in [0.1, 0.15) is 53.4 Å². The molecule has 0 bridgehead atoms. The maximum absolute atomic E-state index is 13.2. The van der Waals surface area contributed by atoms with Gasteiger partial charge in [-0.05, 0) is 50.6 Å². The molecule has 1 amide bonds. The first-order valence-corrected chi connectivity index (χ1v) is 10.5. The summed E-state index contributed by atoms with van der Waals surface area (Å²) in [6, 6.07) is 9.12. The molecule has 0 saturated carbocycles. The lowest BCUT2D eigenvalue weighted by Gasteiger charge is -2.16. The molecule has 0 spiro atoms. The molecule has 1 aromatic carbocycles. The molecule has 1 N–H and O–H groups in total. The highest BCUT2D eigenvalue weighted by Gasteiger charge is 2.19. The first-order valence-electron chi connectivity index (χ1n) is 10.5. The molecule has 0 fully saturated rings. The summed E-state index contributed by atoms with van der Waals surface area (Å²) in [6.45, 7) is 5.74. The van der Waals surface area contributed by atoms with Crippen LogP contribution in [0, 0.1) is 6.92 Å². The Labute approximate surface area is 191 Å². The highest BCUT2D eigenvalue weighted by atomic mass is 16.5. The normalized spacial score (nSPS) is 12.8. The van der Waals surface area contributed by atoms with Crippen molar-refractivity contribution in [2.24, 2.45) is 0 Å². The highest BCUT2D eigenvalue weighted by molar-refractivity contribution is 5.96. The molecule has 0 radical (unpaired) electrons. The van der Waals surface area contributed by atoms with Gasteiger partial charge in [0.1, 0.15) is 12.4 Å². The molecule has 4 aromatic rings. The molecule has 2 unspecified atom stereocenters. The number of carbonyl (C=O) groups is 1. The van der Waals surface area contributed by atoms with Gasteiger partial charge in [-0.25, -0.2) is 9.67 Å². The van der Waals surface area contributed by atoms with E-state index in [1.54, 1.807) is 42.6 Å². The number of hydrogen-bond donors (Lipinski definition) is 1. The number of aromatic nitrogens is 6. The monoisotopic (exact) mass is 443 g/mol. The summed E-state index contributed by atoms with van der Waals surface area (Å²) < 4.78 is 7.11. The summed E-state index contributed by atoms with van der Waals surface area (Å²) in [6.07, 6.45) is 7.82. The molecule has 2 atom stereocenters. The Balaban J connectivity index is 1.75. The lowest BCUT2D eigenvalue weighted by Crippen LogP contribution is -2.27. The topological polar surface area (TPSA) is 108 Å². The number of benzene rings is 1.